The number of sulfonamides is 1. The summed E-state index contributed by atoms with van der Waals surface area (Å²) in [4.78, 5) is 3.91. The van der Waals surface area contributed by atoms with Crippen LogP contribution in [0.2, 0.25) is 0 Å². The van der Waals surface area contributed by atoms with Crippen LogP contribution < -0.4 is 9.46 Å². The minimum atomic E-state index is -3.61. The van der Waals surface area contributed by atoms with Crippen molar-refractivity contribution in [3.05, 3.63) is 52.9 Å². The smallest absolute Gasteiger partial charge is 0.237 e. The number of hydrogen-bond acceptors (Lipinski definition) is 4. The van der Waals surface area contributed by atoms with Gasteiger partial charge in [-0.1, -0.05) is 12.1 Å². The van der Waals surface area contributed by atoms with Crippen LogP contribution in [0, 0.1) is 5.82 Å². The zero-order chi connectivity index (χ0) is 15.3. The SMILES string of the molecule is O=S(=O)(CCOc1ccccc1F)Nc1ccc(Br)cn1. The average Bonchev–Trinajstić information content (AvgIpc) is 2.43. The molecule has 5 nitrogen and oxygen atoms in total. The number of pyridine rings is 1. The molecule has 1 aromatic heterocycles. The molecule has 2 rings (SSSR count). The summed E-state index contributed by atoms with van der Waals surface area (Å²) < 4.78 is 45.1. The maximum atomic E-state index is 13.3. The number of halogens is 2. The van der Waals surface area contributed by atoms with E-state index in [0.717, 1.165) is 4.47 Å². The first-order chi connectivity index (χ1) is 9.96. The Morgan fingerprint density at radius 3 is 2.67 bits per heavy atom. The van der Waals surface area contributed by atoms with E-state index in [2.05, 4.69) is 25.6 Å². The zero-order valence-corrected chi connectivity index (χ0v) is 13.2. The van der Waals surface area contributed by atoms with Crippen molar-refractivity contribution in [3.63, 3.8) is 0 Å². The Morgan fingerprint density at radius 1 is 1.24 bits per heavy atom. The Hall–Kier alpha value is -1.67. The lowest BCUT2D eigenvalue weighted by Crippen LogP contribution is -2.22. The summed E-state index contributed by atoms with van der Waals surface area (Å²) in [5.74, 6) is -0.602. The highest BCUT2D eigenvalue weighted by Gasteiger charge is 2.12. The fourth-order valence-corrected chi connectivity index (χ4v) is 2.55. The maximum Gasteiger partial charge on any atom is 0.237 e. The number of nitrogens with zero attached hydrogens (tertiary/aromatic N) is 1. The third-order valence-corrected chi connectivity index (χ3v) is 4.13. The largest absolute Gasteiger partial charge is 0.489 e. The Balaban J connectivity index is 1.90. The van der Waals surface area contributed by atoms with Crippen LogP contribution in [0.1, 0.15) is 0 Å². The molecule has 1 aromatic carbocycles. The summed E-state index contributed by atoms with van der Waals surface area (Å²) in [6, 6.07) is 9.01. The van der Waals surface area contributed by atoms with Gasteiger partial charge in [-0.25, -0.2) is 17.8 Å². The molecule has 0 aliphatic heterocycles. The predicted molar refractivity (Wildman–Crippen MR) is 81.2 cm³/mol. The van der Waals surface area contributed by atoms with E-state index in [0.29, 0.717) is 0 Å². The number of ether oxygens (including phenoxy) is 1. The van der Waals surface area contributed by atoms with Crippen molar-refractivity contribution in [2.24, 2.45) is 0 Å². The molecule has 21 heavy (non-hydrogen) atoms. The van der Waals surface area contributed by atoms with Crippen LogP contribution in [0.5, 0.6) is 5.75 Å². The number of hydrogen-bond donors (Lipinski definition) is 1. The maximum absolute atomic E-state index is 13.3. The first-order valence-electron chi connectivity index (χ1n) is 5.96. The molecule has 0 aliphatic carbocycles. The van der Waals surface area contributed by atoms with Crippen molar-refractivity contribution in [2.75, 3.05) is 17.1 Å². The predicted octanol–water partition coefficient (Wildman–Crippen LogP) is 2.80. The molecule has 1 heterocycles. The van der Waals surface area contributed by atoms with E-state index in [1.807, 2.05) is 0 Å². The Labute approximate surface area is 130 Å². The van der Waals surface area contributed by atoms with Crippen molar-refractivity contribution >= 4 is 31.8 Å². The van der Waals surface area contributed by atoms with Crippen molar-refractivity contribution in [3.8, 4) is 5.75 Å². The molecule has 0 bridgehead atoms. The average molecular weight is 375 g/mol. The number of anilines is 1. The van der Waals surface area contributed by atoms with Crippen LogP contribution in [0.15, 0.2) is 47.1 Å². The molecule has 0 radical (unpaired) electrons. The van der Waals surface area contributed by atoms with E-state index in [1.165, 1.54) is 30.5 Å². The first-order valence-corrected chi connectivity index (χ1v) is 8.40. The van der Waals surface area contributed by atoms with E-state index < -0.39 is 15.8 Å². The zero-order valence-electron chi connectivity index (χ0n) is 10.8. The van der Waals surface area contributed by atoms with Crippen molar-refractivity contribution < 1.29 is 17.5 Å². The highest BCUT2D eigenvalue weighted by Crippen LogP contribution is 2.15. The Morgan fingerprint density at radius 2 is 2.00 bits per heavy atom. The van der Waals surface area contributed by atoms with Gasteiger partial charge in [0.2, 0.25) is 10.0 Å². The summed E-state index contributed by atoms with van der Waals surface area (Å²) in [6.07, 6.45) is 1.48. The third-order valence-electron chi connectivity index (χ3n) is 2.43. The van der Waals surface area contributed by atoms with Gasteiger partial charge in [0.25, 0.3) is 0 Å². The van der Waals surface area contributed by atoms with Crippen LogP contribution in [0.25, 0.3) is 0 Å². The Bertz CT molecular complexity index is 708. The second kappa shape index (κ2) is 6.86. The van der Waals surface area contributed by atoms with Gasteiger partial charge in [-0.2, -0.15) is 0 Å². The molecule has 0 saturated heterocycles. The Kier molecular flexibility index (Phi) is 5.13. The minimum absolute atomic E-state index is 0.0227. The molecule has 0 spiro atoms. The molecule has 1 N–H and O–H groups in total. The first kappa shape index (κ1) is 15.7. The highest BCUT2D eigenvalue weighted by molar-refractivity contribution is 9.10. The number of aromatic nitrogens is 1. The van der Waals surface area contributed by atoms with Gasteiger partial charge < -0.3 is 4.74 Å². The number of benzene rings is 1. The molecule has 0 atom stereocenters. The van der Waals surface area contributed by atoms with Crippen molar-refractivity contribution in [1.29, 1.82) is 0 Å². The number of rotatable bonds is 6. The lowest BCUT2D eigenvalue weighted by atomic mass is 10.3. The summed E-state index contributed by atoms with van der Waals surface area (Å²) in [5.41, 5.74) is 0. The summed E-state index contributed by atoms with van der Waals surface area (Å²) in [7, 11) is -3.61. The molecule has 0 fully saturated rings. The molecule has 2 aromatic rings. The van der Waals surface area contributed by atoms with Gasteiger partial charge in [0, 0.05) is 10.7 Å². The van der Waals surface area contributed by atoms with Gasteiger partial charge in [-0.05, 0) is 40.2 Å². The van der Waals surface area contributed by atoms with E-state index in [9.17, 15) is 12.8 Å². The fraction of sp³-hybridized carbons (Fsp3) is 0.154. The molecular weight excluding hydrogens is 363 g/mol. The lowest BCUT2D eigenvalue weighted by Gasteiger charge is -2.09. The lowest BCUT2D eigenvalue weighted by molar-refractivity contribution is 0.322. The van der Waals surface area contributed by atoms with Crippen LogP contribution in [0.4, 0.5) is 10.2 Å². The molecule has 0 unspecified atom stereocenters. The second-order valence-corrected chi connectivity index (χ2v) is 6.82. The minimum Gasteiger partial charge on any atom is -0.489 e. The van der Waals surface area contributed by atoms with Gasteiger partial charge >= 0.3 is 0 Å². The molecule has 112 valence electrons. The van der Waals surface area contributed by atoms with Crippen LogP contribution in [-0.2, 0) is 10.0 Å². The van der Waals surface area contributed by atoms with Gasteiger partial charge in [0.05, 0.1) is 0 Å². The topological polar surface area (TPSA) is 68.3 Å². The van der Waals surface area contributed by atoms with Crippen LogP contribution in [-0.4, -0.2) is 25.8 Å². The standard InChI is InChI=1S/C13H12BrFN2O3S/c14-10-5-6-13(16-9-10)17-21(18,19)8-7-20-12-4-2-1-3-11(12)15/h1-6,9H,7-8H2,(H,16,17). The fourth-order valence-electron chi connectivity index (χ4n) is 1.47. The van der Waals surface area contributed by atoms with Gasteiger partial charge in [-0.3, -0.25) is 4.72 Å². The number of nitrogens with one attached hydrogen (secondary N) is 1. The van der Waals surface area contributed by atoms with Gasteiger partial charge in [-0.15, -0.1) is 0 Å². The monoisotopic (exact) mass is 374 g/mol. The number of para-hydroxylation sites is 1. The van der Waals surface area contributed by atoms with E-state index in [1.54, 1.807) is 12.1 Å². The summed E-state index contributed by atoms with van der Waals surface area (Å²) in [5, 5.41) is 0. The van der Waals surface area contributed by atoms with E-state index in [-0.39, 0.29) is 23.9 Å². The highest BCUT2D eigenvalue weighted by atomic mass is 79.9. The third kappa shape index (κ3) is 4.98. The summed E-state index contributed by atoms with van der Waals surface area (Å²) in [6.45, 7) is -0.160. The molecule has 0 amide bonds. The molecule has 8 heteroatoms. The van der Waals surface area contributed by atoms with Crippen LogP contribution in [0.3, 0.4) is 0 Å². The normalized spacial score (nSPS) is 11.1. The van der Waals surface area contributed by atoms with Crippen molar-refractivity contribution in [2.45, 2.75) is 0 Å². The molecule has 0 aliphatic rings. The van der Waals surface area contributed by atoms with Gasteiger partial charge in [0.1, 0.15) is 18.2 Å². The summed E-state index contributed by atoms with van der Waals surface area (Å²) >= 11 is 3.20. The molecule has 0 saturated carbocycles. The van der Waals surface area contributed by atoms with Crippen molar-refractivity contribution in [1.82, 2.24) is 4.98 Å². The van der Waals surface area contributed by atoms with E-state index in [4.69, 9.17) is 4.74 Å². The molecular formula is C13H12BrFN2O3S. The second-order valence-electron chi connectivity index (χ2n) is 4.06. The van der Waals surface area contributed by atoms with Gasteiger partial charge in [0.15, 0.2) is 11.6 Å². The van der Waals surface area contributed by atoms with Crippen LogP contribution >= 0.6 is 15.9 Å². The quantitative estimate of drug-likeness (QED) is 0.843. The van der Waals surface area contributed by atoms with E-state index >= 15 is 0 Å².